The van der Waals surface area contributed by atoms with Gasteiger partial charge in [0.2, 0.25) is 0 Å². The van der Waals surface area contributed by atoms with E-state index in [1.165, 1.54) is 12.8 Å². The molecule has 1 heterocycles. The van der Waals surface area contributed by atoms with Crippen molar-refractivity contribution in [2.45, 2.75) is 43.9 Å². The molecule has 4 rings (SSSR count). The van der Waals surface area contributed by atoms with Gasteiger partial charge in [-0.15, -0.1) is 0 Å². The SMILES string of the molecule is C[B]n1c(C2CC2)nc2cc(C(=O)NCc3ccc(S(=O)(=O)CC)cc3)ccc21. The van der Waals surface area contributed by atoms with Crippen LogP contribution in [0.2, 0.25) is 6.82 Å². The van der Waals surface area contributed by atoms with Crippen molar-refractivity contribution in [1.29, 1.82) is 0 Å². The highest BCUT2D eigenvalue weighted by Gasteiger charge is 2.29. The molecule has 0 unspecified atom stereocenters. The summed E-state index contributed by atoms with van der Waals surface area (Å²) in [5.74, 6) is 1.48. The number of benzene rings is 2. The molecule has 29 heavy (non-hydrogen) atoms. The number of aromatic nitrogens is 2. The predicted molar refractivity (Wildman–Crippen MR) is 114 cm³/mol. The molecular formula is C21H23BN3O3S. The standard InChI is InChI=1S/C21H23BN3O3S/c1-3-29(27,28)17-9-4-14(5-10-17)13-23-21(26)16-8-11-19-18(12-16)24-20(15-6-7-15)25(19)22-2/h4-5,8-12,15H,3,6-7,13H2,1-2H3,(H,23,26). The number of nitrogens with zero attached hydrogens (tertiary/aromatic N) is 2. The second-order valence-electron chi connectivity index (χ2n) is 7.31. The maximum Gasteiger partial charge on any atom is 0.251 e. The molecule has 1 fully saturated rings. The van der Waals surface area contributed by atoms with Gasteiger partial charge in [-0.25, -0.2) is 13.4 Å². The van der Waals surface area contributed by atoms with E-state index in [9.17, 15) is 13.2 Å². The Bertz CT molecular complexity index is 1170. The van der Waals surface area contributed by atoms with Gasteiger partial charge >= 0.3 is 0 Å². The van der Waals surface area contributed by atoms with Crippen LogP contribution in [0, 0.1) is 0 Å². The van der Waals surface area contributed by atoms with Crippen molar-refractivity contribution < 1.29 is 13.2 Å². The Balaban J connectivity index is 1.48. The molecule has 6 nitrogen and oxygen atoms in total. The molecular weight excluding hydrogens is 385 g/mol. The average Bonchev–Trinajstić information content (AvgIpc) is 3.52. The highest BCUT2D eigenvalue weighted by atomic mass is 32.2. The smallest absolute Gasteiger partial charge is 0.251 e. The summed E-state index contributed by atoms with van der Waals surface area (Å²) in [6.45, 7) is 3.94. The van der Waals surface area contributed by atoms with E-state index in [1.54, 1.807) is 31.2 Å². The van der Waals surface area contributed by atoms with Crippen LogP contribution in [0.1, 0.15) is 47.4 Å². The first-order chi connectivity index (χ1) is 13.9. The lowest BCUT2D eigenvalue weighted by Gasteiger charge is -2.07. The summed E-state index contributed by atoms with van der Waals surface area (Å²) in [7, 11) is -1.20. The topological polar surface area (TPSA) is 81.1 Å². The maximum atomic E-state index is 12.6. The number of sulfone groups is 1. The number of hydrogen-bond acceptors (Lipinski definition) is 4. The van der Waals surface area contributed by atoms with Crippen LogP contribution in [0.4, 0.5) is 0 Å². The molecule has 1 amide bonds. The third-order valence-electron chi connectivity index (χ3n) is 5.30. The van der Waals surface area contributed by atoms with Gasteiger partial charge < -0.3 is 9.79 Å². The first-order valence-electron chi connectivity index (χ1n) is 9.84. The Morgan fingerprint density at radius 2 is 1.93 bits per heavy atom. The zero-order valence-electron chi connectivity index (χ0n) is 16.6. The highest BCUT2D eigenvalue weighted by molar-refractivity contribution is 7.91. The number of rotatable bonds is 7. The maximum absolute atomic E-state index is 12.6. The summed E-state index contributed by atoms with van der Waals surface area (Å²) >= 11 is 0. The summed E-state index contributed by atoms with van der Waals surface area (Å²) in [6.07, 6.45) is 2.34. The van der Waals surface area contributed by atoms with Crippen LogP contribution >= 0.6 is 0 Å². The van der Waals surface area contributed by atoms with Crippen LogP contribution in [-0.2, 0) is 16.4 Å². The molecule has 1 aliphatic rings. The Hall–Kier alpha value is -2.61. The van der Waals surface area contributed by atoms with Gasteiger partial charge in [-0.1, -0.05) is 25.9 Å². The van der Waals surface area contributed by atoms with E-state index in [2.05, 4.69) is 9.79 Å². The van der Waals surface area contributed by atoms with E-state index in [1.807, 2.05) is 32.4 Å². The van der Waals surface area contributed by atoms with E-state index >= 15 is 0 Å². The summed E-state index contributed by atoms with van der Waals surface area (Å²) in [6, 6.07) is 12.2. The lowest BCUT2D eigenvalue weighted by molar-refractivity contribution is 0.0951. The molecule has 0 spiro atoms. The van der Waals surface area contributed by atoms with Crippen molar-refractivity contribution in [1.82, 2.24) is 14.8 Å². The minimum absolute atomic E-state index is 0.0690. The second kappa shape index (κ2) is 7.67. The number of carbonyl (C=O) groups excluding carboxylic acids is 1. The monoisotopic (exact) mass is 408 g/mol. The Kier molecular flexibility index (Phi) is 5.21. The number of hydrogen-bond donors (Lipinski definition) is 1. The van der Waals surface area contributed by atoms with Crippen LogP contribution in [0.25, 0.3) is 11.0 Å². The number of nitrogens with one attached hydrogen (secondary N) is 1. The normalized spacial score (nSPS) is 14.1. The second-order valence-corrected chi connectivity index (χ2v) is 9.58. The molecule has 1 aliphatic carbocycles. The van der Waals surface area contributed by atoms with Gasteiger partial charge in [-0.3, -0.25) is 4.79 Å². The van der Waals surface area contributed by atoms with Crippen LogP contribution in [0.3, 0.4) is 0 Å². The Labute approximate surface area is 171 Å². The van der Waals surface area contributed by atoms with Crippen molar-refractivity contribution >= 4 is 34.2 Å². The number of carbonyl (C=O) groups is 1. The highest BCUT2D eigenvalue weighted by Crippen LogP contribution is 2.40. The molecule has 1 aromatic heterocycles. The predicted octanol–water partition coefficient (Wildman–Crippen LogP) is 3.15. The van der Waals surface area contributed by atoms with E-state index in [-0.39, 0.29) is 11.7 Å². The quantitative estimate of drug-likeness (QED) is 0.609. The van der Waals surface area contributed by atoms with Crippen LogP contribution in [-0.4, -0.2) is 37.0 Å². The molecule has 3 aromatic rings. The van der Waals surface area contributed by atoms with E-state index < -0.39 is 9.84 Å². The number of amides is 1. The molecule has 0 atom stereocenters. The van der Waals surface area contributed by atoms with Crippen LogP contribution < -0.4 is 5.32 Å². The lowest BCUT2D eigenvalue weighted by atomic mass is 9.98. The summed E-state index contributed by atoms with van der Waals surface area (Å²) in [4.78, 5) is 17.6. The minimum atomic E-state index is -3.21. The molecule has 0 bridgehead atoms. The largest absolute Gasteiger partial charge is 0.378 e. The first kappa shape index (κ1) is 19.7. The molecule has 8 heteroatoms. The molecule has 149 valence electrons. The van der Waals surface area contributed by atoms with Crippen molar-refractivity contribution in [2.24, 2.45) is 0 Å². The molecule has 0 aliphatic heterocycles. The first-order valence-corrected chi connectivity index (χ1v) is 11.5. The van der Waals surface area contributed by atoms with Crippen LogP contribution in [0.5, 0.6) is 0 Å². The lowest BCUT2D eigenvalue weighted by Crippen LogP contribution is -2.22. The third kappa shape index (κ3) is 3.94. The summed E-state index contributed by atoms with van der Waals surface area (Å²) in [5, 5.41) is 2.89. The average molecular weight is 408 g/mol. The molecule has 1 radical (unpaired) electrons. The fourth-order valence-electron chi connectivity index (χ4n) is 3.43. The zero-order valence-corrected chi connectivity index (χ0v) is 17.4. The zero-order chi connectivity index (χ0) is 20.6. The van der Waals surface area contributed by atoms with E-state index in [0.717, 1.165) is 22.4 Å². The Morgan fingerprint density at radius 1 is 1.21 bits per heavy atom. The minimum Gasteiger partial charge on any atom is -0.378 e. The van der Waals surface area contributed by atoms with E-state index in [4.69, 9.17) is 4.98 Å². The number of fused-ring (bicyclic) bond motifs is 1. The molecule has 1 N–H and O–H groups in total. The third-order valence-corrected chi connectivity index (χ3v) is 7.05. The van der Waals surface area contributed by atoms with Gasteiger partial charge in [0.15, 0.2) is 9.84 Å². The van der Waals surface area contributed by atoms with Gasteiger partial charge in [0, 0.05) is 18.0 Å². The van der Waals surface area contributed by atoms with Crippen LogP contribution in [0.15, 0.2) is 47.4 Å². The van der Waals surface area contributed by atoms with Gasteiger partial charge in [-0.05, 0) is 48.7 Å². The summed E-state index contributed by atoms with van der Waals surface area (Å²) in [5.41, 5.74) is 3.24. The van der Waals surface area contributed by atoms with Crippen molar-refractivity contribution in [3.05, 3.63) is 59.4 Å². The van der Waals surface area contributed by atoms with Crippen molar-refractivity contribution in [3.8, 4) is 0 Å². The van der Waals surface area contributed by atoms with Gasteiger partial charge in [0.05, 0.1) is 27.5 Å². The van der Waals surface area contributed by atoms with Crippen molar-refractivity contribution in [3.63, 3.8) is 0 Å². The van der Waals surface area contributed by atoms with Gasteiger partial charge in [-0.2, -0.15) is 0 Å². The van der Waals surface area contributed by atoms with Crippen molar-refractivity contribution in [2.75, 3.05) is 5.75 Å². The van der Waals surface area contributed by atoms with Gasteiger partial charge in [0.1, 0.15) is 0 Å². The van der Waals surface area contributed by atoms with Gasteiger partial charge in [0.25, 0.3) is 13.3 Å². The molecule has 0 saturated heterocycles. The molecule has 1 saturated carbocycles. The fraction of sp³-hybridized carbons (Fsp3) is 0.333. The summed E-state index contributed by atoms with van der Waals surface area (Å²) < 4.78 is 25.9. The fourth-order valence-corrected chi connectivity index (χ4v) is 4.31. The Morgan fingerprint density at radius 3 is 2.55 bits per heavy atom. The van der Waals surface area contributed by atoms with E-state index in [0.29, 0.717) is 22.9 Å². The number of imidazole rings is 1. The molecule has 2 aromatic carbocycles.